The third-order valence-corrected chi connectivity index (χ3v) is 2.90. The van der Waals surface area contributed by atoms with Crippen LogP contribution >= 0.6 is 0 Å². The number of benzene rings is 1. The molecule has 4 heteroatoms. The minimum Gasteiger partial charge on any atom is -0.469 e. The lowest BCUT2D eigenvalue weighted by molar-refractivity contribution is 0.495. The van der Waals surface area contributed by atoms with Crippen LogP contribution in [-0.2, 0) is 6.42 Å². The van der Waals surface area contributed by atoms with Crippen molar-refractivity contribution in [2.75, 3.05) is 5.32 Å². The van der Waals surface area contributed by atoms with Crippen LogP contribution in [0.2, 0.25) is 0 Å². The van der Waals surface area contributed by atoms with E-state index < -0.39 is 5.82 Å². The molecule has 0 amide bonds. The van der Waals surface area contributed by atoms with Crippen LogP contribution in [0.15, 0.2) is 41.0 Å². The van der Waals surface area contributed by atoms with Crippen LogP contribution in [0.4, 0.5) is 10.1 Å². The molecule has 3 nitrogen and oxygen atoms in total. The summed E-state index contributed by atoms with van der Waals surface area (Å²) in [6, 6.07) is 10.3. The first kappa shape index (κ1) is 13.2. The Morgan fingerprint density at radius 1 is 1.42 bits per heavy atom. The maximum atomic E-state index is 13.2. The van der Waals surface area contributed by atoms with E-state index in [0.717, 1.165) is 24.3 Å². The Morgan fingerprint density at radius 2 is 2.26 bits per heavy atom. The van der Waals surface area contributed by atoms with Crippen molar-refractivity contribution in [3.05, 3.63) is 53.7 Å². The fourth-order valence-corrected chi connectivity index (χ4v) is 1.87. The van der Waals surface area contributed by atoms with E-state index in [0.29, 0.717) is 0 Å². The molecule has 0 spiro atoms. The number of hydrogen-bond donors (Lipinski definition) is 1. The van der Waals surface area contributed by atoms with Crippen LogP contribution in [0.25, 0.3) is 0 Å². The average Bonchev–Trinajstić information content (AvgIpc) is 2.92. The molecule has 1 aromatic heterocycles. The van der Waals surface area contributed by atoms with Crippen LogP contribution in [0.1, 0.15) is 24.7 Å². The molecular formula is C15H15FN2O. The van der Waals surface area contributed by atoms with Gasteiger partial charge in [0.05, 0.1) is 11.8 Å². The molecule has 0 radical (unpaired) electrons. The van der Waals surface area contributed by atoms with Gasteiger partial charge in [0.25, 0.3) is 0 Å². The molecule has 1 unspecified atom stereocenters. The molecule has 1 atom stereocenters. The fourth-order valence-electron chi connectivity index (χ4n) is 1.87. The molecule has 0 saturated carbocycles. The van der Waals surface area contributed by atoms with Gasteiger partial charge in [0.15, 0.2) is 0 Å². The summed E-state index contributed by atoms with van der Waals surface area (Å²) < 4.78 is 18.4. The van der Waals surface area contributed by atoms with E-state index in [9.17, 15) is 4.39 Å². The van der Waals surface area contributed by atoms with Gasteiger partial charge in [-0.15, -0.1) is 0 Å². The van der Waals surface area contributed by atoms with Crippen molar-refractivity contribution in [1.29, 1.82) is 5.26 Å². The number of nitrogens with one attached hydrogen (secondary N) is 1. The Balaban J connectivity index is 1.91. The minimum atomic E-state index is -0.490. The molecule has 0 aliphatic rings. The molecule has 0 fully saturated rings. The standard InChI is InChI=1S/C15H15FN2O/c1-11(4-6-14-3-2-8-19-14)18-13-5-7-15(16)12(9-13)10-17/h2-3,5,7-9,11,18H,4,6H2,1H3. The fraction of sp³-hybridized carbons (Fsp3) is 0.267. The molecule has 0 saturated heterocycles. The molecule has 1 aromatic carbocycles. The van der Waals surface area contributed by atoms with Crippen LogP contribution in [0.3, 0.4) is 0 Å². The Bertz CT molecular complexity index is 572. The number of hydrogen-bond acceptors (Lipinski definition) is 3. The zero-order valence-corrected chi connectivity index (χ0v) is 10.7. The Hall–Kier alpha value is -2.28. The first-order valence-electron chi connectivity index (χ1n) is 6.17. The average molecular weight is 258 g/mol. The van der Waals surface area contributed by atoms with Crippen LogP contribution in [0.5, 0.6) is 0 Å². The smallest absolute Gasteiger partial charge is 0.141 e. The van der Waals surface area contributed by atoms with Gasteiger partial charge in [0, 0.05) is 18.2 Å². The monoisotopic (exact) mass is 258 g/mol. The predicted octanol–water partition coefficient (Wildman–Crippen LogP) is 3.72. The third kappa shape index (κ3) is 3.59. The number of rotatable bonds is 5. The lowest BCUT2D eigenvalue weighted by Gasteiger charge is -2.14. The van der Waals surface area contributed by atoms with E-state index in [1.54, 1.807) is 12.3 Å². The first-order valence-corrected chi connectivity index (χ1v) is 6.17. The largest absolute Gasteiger partial charge is 0.469 e. The molecule has 0 bridgehead atoms. The van der Waals surface area contributed by atoms with E-state index in [2.05, 4.69) is 5.32 Å². The Kier molecular flexibility index (Phi) is 4.19. The molecule has 2 aromatic rings. The van der Waals surface area contributed by atoms with E-state index in [1.165, 1.54) is 12.1 Å². The molecule has 2 rings (SSSR count). The zero-order chi connectivity index (χ0) is 13.7. The Morgan fingerprint density at radius 3 is 2.95 bits per heavy atom. The highest BCUT2D eigenvalue weighted by molar-refractivity contribution is 5.50. The Labute approximate surface area is 111 Å². The van der Waals surface area contributed by atoms with E-state index in [1.807, 2.05) is 25.1 Å². The quantitative estimate of drug-likeness (QED) is 0.889. The summed E-state index contributed by atoms with van der Waals surface area (Å²) in [7, 11) is 0. The molecule has 0 aliphatic carbocycles. The van der Waals surface area contributed by atoms with Crippen molar-refractivity contribution in [1.82, 2.24) is 0 Å². The number of aryl methyl sites for hydroxylation is 1. The number of anilines is 1. The SMILES string of the molecule is CC(CCc1ccco1)Nc1ccc(F)c(C#N)c1. The second-order valence-corrected chi connectivity index (χ2v) is 4.47. The van der Waals surface area contributed by atoms with Crippen molar-refractivity contribution >= 4 is 5.69 Å². The van der Waals surface area contributed by atoms with Crippen molar-refractivity contribution in [2.45, 2.75) is 25.8 Å². The van der Waals surface area contributed by atoms with Crippen LogP contribution < -0.4 is 5.32 Å². The second kappa shape index (κ2) is 6.05. The van der Waals surface area contributed by atoms with Crippen molar-refractivity contribution in [2.24, 2.45) is 0 Å². The lowest BCUT2D eigenvalue weighted by Crippen LogP contribution is -2.16. The highest BCUT2D eigenvalue weighted by Gasteiger charge is 2.07. The van der Waals surface area contributed by atoms with Gasteiger partial charge >= 0.3 is 0 Å². The van der Waals surface area contributed by atoms with Gasteiger partial charge in [-0.1, -0.05) is 0 Å². The van der Waals surface area contributed by atoms with Crippen molar-refractivity contribution < 1.29 is 8.81 Å². The van der Waals surface area contributed by atoms with Gasteiger partial charge in [0.2, 0.25) is 0 Å². The third-order valence-electron chi connectivity index (χ3n) is 2.90. The van der Waals surface area contributed by atoms with Crippen LogP contribution in [-0.4, -0.2) is 6.04 Å². The molecule has 98 valence electrons. The summed E-state index contributed by atoms with van der Waals surface area (Å²) in [4.78, 5) is 0. The summed E-state index contributed by atoms with van der Waals surface area (Å²) in [6.07, 6.45) is 3.40. The zero-order valence-electron chi connectivity index (χ0n) is 10.7. The topological polar surface area (TPSA) is 49.0 Å². The van der Waals surface area contributed by atoms with Gasteiger partial charge in [-0.2, -0.15) is 5.26 Å². The van der Waals surface area contributed by atoms with E-state index >= 15 is 0 Å². The van der Waals surface area contributed by atoms with Crippen LogP contribution in [0, 0.1) is 17.1 Å². The minimum absolute atomic E-state index is 0.0586. The summed E-state index contributed by atoms with van der Waals surface area (Å²) in [5.74, 6) is 0.460. The van der Waals surface area contributed by atoms with Gasteiger partial charge in [-0.05, 0) is 43.7 Å². The predicted molar refractivity (Wildman–Crippen MR) is 71.2 cm³/mol. The molecule has 19 heavy (non-hydrogen) atoms. The highest BCUT2D eigenvalue weighted by Crippen LogP contribution is 2.16. The van der Waals surface area contributed by atoms with E-state index in [-0.39, 0.29) is 11.6 Å². The number of nitrogens with zero attached hydrogens (tertiary/aromatic N) is 1. The van der Waals surface area contributed by atoms with Gasteiger partial charge < -0.3 is 9.73 Å². The molecular weight excluding hydrogens is 243 g/mol. The maximum absolute atomic E-state index is 13.2. The van der Waals surface area contributed by atoms with Gasteiger partial charge in [-0.25, -0.2) is 4.39 Å². The van der Waals surface area contributed by atoms with Gasteiger partial charge in [-0.3, -0.25) is 0 Å². The summed E-state index contributed by atoms with van der Waals surface area (Å²) in [5.41, 5.74) is 0.813. The summed E-state index contributed by atoms with van der Waals surface area (Å²) in [6.45, 7) is 2.04. The molecule has 1 N–H and O–H groups in total. The summed E-state index contributed by atoms with van der Waals surface area (Å²) >= 11 is 0. The lowest BCUT2D eigenvalue weighted by atomic mass is 10.1. The normalized spacial score (nSPS) is 11.8. The summed E-state index contributed by atoms with van der Waals surface area (Å²) in [5, 5.41) is 12.0. The number of halogens is 1. The van der Waals surface area contributed by atoms with Crippen molar-refractivity contribution in [3.8, 4) is 6.07 Å². The molecule has 1 heterocycles. The first-order chi connectivity index (χ1) is 9.19. The number of furan rings is 1. The highest BCUT2D eigenvalue weighted by atomic mass is 19.1. The van der Waals surface area contributed by atoms with E-state index in [4.69, 9.17) is 9.68 Å². The molecule has 0 aliphatic heterocycles. The maximum Gasteiger partial charge on any atom is 0.141 e. The second-order valence-electron chi connectivity index (χ2n) is 4.47. The van der Waals surface area contributed by atoms with Crippen molar-refractivity contribution in [3.63, 3.8) is 0 Å². The number of nitriles is 1. The van der Waals surface area contributed by atoms with Gasteiger partial charge in [0.1, 0.15) is 17.6 Å².